The molecule has 0 radical (unpaired) electrons. The van der Waals surface area contributed by atoms with Crippen LogP contribution in [0.5, 0.6) is 11.5 Å². The molecule has 1 fully saturated rings. The van der Waals surface area contributed by atoms with Crippen molar-refractivity contribution in [3.8, 4) is 11.5 Å². The molecule has 0 saturated carbocycles. The van der Waals surface area contributed by atoms with Gasteiger partial charge >= 0.3 is 0 Å². The van der Waals surface area contributed by atoms with Crippen LogP contribution in [0, 0.1) is 5.92 Å². The maximum Gasteiger partial charge on any atom is 0.231 e. The first-order valence-corrected chi connectivity index (χ1v) is 10.3. The second-order valence-electron chi connectivity index (χ2n) is 7.35. The number of rotatable bonds is 7. The van der Waals surface area contributed by atoms with E-state index in [9.17, 15) is 4.79 Å². The maximum atomic E-state index is 12.8. The number of amides is 1. The van der Waals surface area contributed by atoms with Crippen LogP contribution in [0.25, 0.3) is 5.65 Å². The lowest BCUT2D eigenvalue weighted by molar-refractivity contribution is -0.125. The Kier molecular flexibility index (Phi) is 6.02. The molecular formula is C22H27N5O3. The van der Waals surface area contributed by atoms with E-state index in [-0.39, 0.29) is 11.8 Å². The second kappa shape index (κ2) is 9.02. The van der Waals surface area contributed by atoms with Crippen molar-refractivity contribution in [3.05, 3.63) is 48.2 Å². The number of nitrogens with zero attached hydrogens (tertiary/aromatic N) is 4. The Morgan fingerprint density at radius 3 is 2.97 bits per heavy atom. The molecule has 8 heteroatoms. The van der Waals surface area contributed by atoms with E-state index in [0.29, 0.717) is 31.2 Å². The van der Waals surface area contributed by atoms with Gasteiger partial charge in [-0.3, -0.25) is 9.20 Å². The maximum absolute atomic E-state index is 12.8. The molecule has 0 aliphatic carbocycles. The summed E-state index contributed by atoms with van der Waals surface area (Å²) in [6, 6.07) is 11.5. The van der Waals surface area contributed by atoms with Crippen LogP contribution in [0.3, 0.4) is 0 Å². The number of ether oxygens (including phenoxy) is 2. The summed E-state index contributed by atoms with van der Waals surface area (Å²) in [4.78, 5) is 15.0. The van der Waals surface area contributed by atoms with Crippen LogP contribution in [0.1, 0.15) is 25.3 Å². The first-order chi connectivity index (χ1) is 14.7. The second-order valence-corrected chi connectivity index (χ2v) is 7.35. The zero-order valence-electron chi connectivity index (χ0n) is 17.4. The van der Waals surface area contributed by atoms with Gasteiger partial charge in [0.05, 0.1) is 19.6 Å². The third-order valence-corrected chi connectivity index (χ3v) is 5.37. The minimum atomic E-state index is -0.0839. The molecule has 0 spiro atoms. The van der Waals surface area contributed by atoms with Gasteiger partial charge in [0.25, 0.3) is 0 Å². The van der Waals surface area contributed by atoms with E-state index in [1.54, 1.807) is 7.11 Å². The summed E-state index contributed by atoms with van der Waals surface area (Å²) >= 11 is 0. The number of aromatic nitrogens is 3. The minimum absolute atomic E-state index is 0.0577. The highest BCUT2D eigenvalue weighted by atomic mass is 16.5. The lowest BCUT2D eigenvalue weighted by Crippen LogP contribution is -2.43. The Morgan fingerprint density at radius 2 is 2.13 bits per heavy atom. The Labute approximate surface area is 175 Å². The fourth-order valence-electron chi connectivity index (χ4n) is 3.85. The molecule has 4 rings (SSSR count). The summed E-state index contributed by atoms with van der Waals surface area (Å²) in [6.07, 6.45) is 3.76. The van der Waals surface area contributed by atoms with Crippen LogP contribution in [0.15, 0.2) is 42.6 Å². The van der Waals surface area contributed by atoms with Crippen LogP contribution in [-0.4, -0.2) is 47.3 Å². The number of methoxy groups -OCH3 is 1. The number of fused-ring (bicyclic) bond motifs is 1. The van der Waals surface area contributed by atoms with Crippen molar-refractivity contribution in [1.82, 2.24) is 19.9 Å². The molecule has 1 aliphatic rings. The van der Waals surface area contributed by atoms with Crippen LogP contribution < -0.4 is 19.7 Å². The zero-order valence-corrected chi connectivity index (χ0v) is 17.4. The van der Waals surface area contributed by atoms with E-state index in [4.69, 9.17) is 9.47 Å². The molecule has 1 saturated heterocycles. The first-order valence-electron chi connectivity index (χ1n) is 10.3. The summed E-state index contributed by atoms with van der Waals surface area (Å²) in [6.45, 7) is 4.44. The molecule has 1 aromatic carbocycles. The smallest absolute Gasteiger partial charge is 0.231 e. The topological polar surface area (TPSA) is 81.0 Å². The van der Waals surface area contributed by atoms with E-state index in [1.165, 1.54) is 0 Å². The van der Waals surface area contributed by atoms with Gasteiger partial charge in [0.1, 0.15) is 0 Å². The molecule has 1 N–H and O–H groups in total. The molecule has 0 bridgehead atoms. The molecule has 1 aliphatic heterocycles. The molecule has 158 valence electrons. The van der Waals surface area contributed by atoms with Gasteiger partial charge in [-0.15, -0.1) is 10.2 Å². The van der Waals surface area contributed by atoms with Gasteiger partial charge in [0, 0.05) is 25.8 Å². The van der Waals surface area contributed by atoms with Gasteiger partial charge < -0.3 is 19.7 Å². The fraction of sp³-hybridized carbons (Fsp3) is 0.409. The molecule has 3 aromatic rings. The zero-order chi connectivity index (χ0) is 20.9. The Balaban J connectivity index is 1.39. The average molecular weight is 409 g/mol. The summed E-state index contributed by atoms with van der Waals surface area (Å²) < 4.78 is 12.9. The average Bonchev–Trinajstić information content (AvgIpc) is 3.22. The molecule has 3 heterocycles. The van der Waals surface area contributed by atoms with Crippen molar-refractivity contribution in [1.29, 1.82) is 0 Å². The van der Waals surface area contributed by atoms with Crippen LogP contribution in [0.2, 0.25) is 0 Å². The van der Waals surface area contributed by atoms with Crippen molar-refractivity contribution < 1.29 is 14.3 Å². The lowest BCUT2D eigenvalue weighted by Gasteiger charge is -2.32. The normalized spacial score (nSPS) is 16.5. The third-order valence-electron chi connectivity index (χ3n) is 5.37. The SMILES string of the molecule is CCOc1cc(CNC(=O)[C@@H]2CCCN(c3nnc4ccccn34)C2)ccc1OC. The monoisotopic (exact) mass is 409 g/mol. The number of hydrogen-bond acceptors (Lipinski definition) is 6. The van der Waals surface area contributed by atoms with Crippen molar-refractivity contribution in [3.63, 3.8) is 0 Å². The van der Waals surface area contributed by atoms with Gasteiger partial charge in [0.15, 0.2) is 17.1 Å². The Morgan fingerprint density at radius 1 is 1.23 bits per heavy atom. The predicted octanol–water partition coefficient (Wildman–Crippen LogP) is 2.67. The van der Waals surface area contributed by atoms with E-state index in [0.717, 1.165) is 36.5 Å². The summed E-state index contributed by atoms with van der Waals surface area (Å²) in [5.41, 5.74) is 1.78. The number of carbonyl (C=O) groups excluding carboxylic acids is 1. The largest absolute Gasteiger partial charge is 0.493 e. The van der Waals surface area contributed by atoms with E-state index < -0.39 is 0 Å². The number of carbonyl (C=O) groups is 1. The molecule has 1 amide bonds. The summed E-state index contributed by atoms with van der Waals surface area (Å²) in [5, 5.41) is 11.6. The standard InChI is InChI=1S/C22H27N5O3/c1-3-30-19-13-16(9-10-18(19)29-2)14-23-21(28)17-7-6-11-26(15-17)22-25-24-20-8-4-5-12-27(20)22/h4-5,8-10,12-13,17H,3,6-7,11,14-15H2,1-2H3,(H,23,28)/t17-/m1/s1. The van der Waals surface area contributed by atoms with Gasteiger partial charge in [-0.1, -0.05) is 12.1 Å². The number of hydrogen-bond donors (Lipinski definition) is 1. The quantitative estimate of drug-likeness (QED) is 0.646. The van der Waals surface area contributed by atoms with Crippen molar-refractivity contribution in [2.75, 3.05) is 31.7 Å². The molecule has 8 nitrogen and oxygen atoms in total. The van der Waals surface area contributed by atoms with Crippen molar-refractivity contribution in [2.45, 2.75) is 26.3 Å². The molecular weight excluding hydrogens is 382 g/mol. The number of anilines is 1. The fourth-order valence-corrected chi connectivity index (χ4v) is 3.85. The number of piperidine rings is 1. The molecule has 0 unspecified atom stereocenters. The number of pyridine rings is 1. The first kappa shape index (κ1) is 20.0. The Bertz CT molecular complexity index is 1020. The van der Waals surface area contributed by atoms with Crippen molar-refractivity contribution in [2.24, 2.45) is 5.92 Å². The van der Waals surface area contributed by atoms with E-state index in [2.05, 4.69) is 20.4 Å². The van der Waals surface area contributed by atoms with Crippen LogP contribution in [0.4, 0.5) is 5.95 Å². The molecule has 2 aromatic heterocycles. The van der Waals surface area contributed by atoms with Crippen molar-refractivity contribution >= 4 is 17.5 Å². The highest BCUT2D eigenvalue weighted by Gasteiger charge is 2.28. The summed E-state index contributed by atoms with van der Waals surface area (Å²) in [5.74, 6) is 2.14. The number of benzene rings is 1. The highest BCUT2D eigenvalue weighted by molar-refractivity contribution is 5.79. The third kappa shape index (κ3) is 4.17. The number of nitrogens with one attached hydrogen (secondary N) is 1. The highest BCUT2D eigenvalue weighted by Crippen LogP contribution is 2.28. The predicted molar refractivity (Wildman–Crippen MR) is 114 cm³/mol. The van der Waals surface area contributed by atoms with Gasteiger partial charge in [0.2, 0.25) is 11.9 Å². The molecule has 30 heavy (non-hydrogen) atoms. The van der Waals surface area contributed by atoms with Crippen LogP contribution >= 0.6 is 0 Å². The summed E-state index contributed by atoms with van der Waals surface area (Å²) in [7, 11) is 1.62. The van der Waals surface area contributed by atoms with Gasteiger partial charge in [-0.2, -0.15) is 0 Å². The Hall–Kier alpha value is -3.29. The van der Waals surface area contributed by atoms with E-state index >= 15 is 0 Å². The van der Waals surface area contributed by atoms with Crippen LogP contribution in [-0.2, 0) is 11.3 Å². The minimum Gasteiger partial charge on any atom is -0.493 e. The molecule has 1 atom stereocenters. The van der Waals surface area contributed by atoms with Gasteiger partial charge in [-0.25, -0.2) is 0 Å². The lowest BCUT2D eigenvalue weighted by atomic mass is 9.97. The van der Waals surface area contributed by atoms with E-state index in [1.807, 2.05) is 53.9 Å². The van der Waals surface area contributed by atoms with Gasteiger partial charge in [-0.05, 0) is 49.6 Å².